The fourth-order valence-corrected chi connectivity index (χ4v) is 2.80. The summed E-state index contributed by atoms with van der Waals surface area (Å²) in [5.74, 6) is 7.40. The van der Waals surface area contributed by atoms with Crippen LogP contribution in [0.15, 0.2) is 72.8 Å². The Bertz CT molecular complexity index is 889. The van der Waals surface area contributed by atoms with Gasteiger partial charge in [0.15, 0.2) is 0 Å². The molecule has 4 heteroatoms. The van der Waals surface area contributed by atoms with E-state index in [-0.39, 0.29) is 6.42 Å². The first-order valence-corrected chi connectivity index (χ1v) is 9.53. The van der Waals surface area contributed by atoms with Crippen LogP contribution in [0.3, 0.4) is 0 Å². The van der Waals surface area contributed by atoms with Crippen LogP contribution in [0.4, 0.5) is 0 Å². The zero-order chi connectivity index (χ0) is 21.1. The van der Waals surface area contributed by atoms with Crippen LogP contribution < -0.4 is 9.47 Å². The third-order valence-corrected chi connectivity index (χ3v) is 4.45. The summed E-state index contributed by atoms with van der Waals surface area (Å²) < 4.78 is 10.4. The molecule has 0 amide bonds. The highest BCUT2D eigenvalue weighted by Crippen LogP contribution is 2.26. The zero-order valence-electron chi connectivity index (χ0n) is 17.0. The first-order chi connectivity index (χ1) is 14.1. The quantitative estimate of drug-likeness (QED) is 0.367. The molecule has 152 valence electrons. The van der Waals surface area contributed by atoms with Gasteiger partial charge in [0.2, 0.25) is 0 Å². The van der Waals surface area contributed by atoms with E-state index in [1.807, 2.05) is 48.6 Å². The van der Waals surface area contributed by atoms with E-state index >= 15 is 0 Å². The van der Waals surface area contributed by atoms with Crippen molar-refractivity contribution in [3.63, 3.8) is 0 Å². The lowest BCUT2D eigenvalue weighted by Crippen LogP contribution is -2.01. The van der Waals surface area contributed by atoms with Crippen LogP contribution in [0.2, 0.25) is 0 Å². The molecule has 2 rings (SSSR count). The van der Waals surface area contributed by atoms with Crippen molar-refractivity contribution >= 4 is 0 Å². The minimum Gasteiger partial charge on any atom is -0.497 e. The molecule has 0 saturated carbocycles. The van der Waals surface area contributed by atoms with Crippen LogP contribution >= 0.6 is 0 Å². The molecular weight excluding hydrogens is 364 g/mol. The van der Waals surface area contributed by atoms with Crippen molar-refractivity contribution < 1.29 is 19.7 Å². The normalized spacial score (nSPS) is 13.0. The summed E-state index contributed by atoms with van der Waals surface area (Å²) in [4.78, 5) is 0. The number of rotatable bonds is 9. The predicted octanol–water partition coefficient (Wildman–Crippen LogP) is 4.76. The second kappa shape index (κ2) is 11.8. The molecule has 2 unspecified atom stereocenters. The zero-order valence-corrected chi connectivity index (χ0v) is 17.0. The Labute approximate surface area is 173 Å². The molecule has 0 bridgehead atoms. The van der Waals surface area contributed by atoms with Gasteiger partial charge in [-0.2, -0.15) is 0 Å². The van der Waals surface area contributed by atoms with Gasteiger partial charge < -0.3 is 19.7 Å². The monoisotopic (exact) mass is 392 g/mol. The smallest absolute Gasteiger partial charge is 0.119 e. The Morgan fingerprint density at radius 2 is 1.62 bits per heavy atom. The Balaban J connectivity index is 2.18. The molecule has 0 saturated heterocycles. The summed E-state index contributed by atoms with van der Waals surface area (Å²) in [6, 6.07) is 14.6. The second-order valence-corrected chi connectivity index (χ2v) is 6.50. The van der Waals surface area contributed by atoms with Crippen LogP contribution in [-0.2, 0) is 0 Å². The molecule has 2 aromatic carbocycles. The highest BCUT2D eigenvalue weighted by molar-refractivity contribution is 5.41. The summed E-state index contributed by atoms with van der Waals surface area (Å²) in [5, 5.41) is 21.2. The number of benzene rings is 2. The van der Waals surface area contributed by atoms with Gasteiger partial charge in [-0.15, -0.1) is 6.58 Å². The van der Waals surface area contributed by atoms with Gasteiger partial charge in [-0.05, 0) is 48.2 Å². The summed E-state index contributed by atoms with van der Waals surface area (Å²) in [7, 11) is 3.18. The molecular formula is C25H28O4. The van der Waals surface area contributed by atoms with Crippen molar-refractivity contribution in [2.24, 2.45) is 0 Å². The number of ether oxygens (including phenoxy) is 2. The Hall–Kier alpha value is -3.00. The maximum absolute atomic E-state index is 10.8. The van der Waals surface area contributed by atoms with Crippen LogP contribution in [0.25, 0.3) is 0 Å². The SMILES string of the molecule is C=CCC/C=C(\C#CCC(O)c1cccc(OC)c1)C(O)c1cccc(OC)c1. The van der Waals surface area contributed by atoms with Gasteiger partial charge in [-0.1, -0.05) is 48.3 Å². The standard InChI is InChI=1S/C25H28O4/c1-4-5-6-10-19(25(27)21-13-8-15-23(18-21)29-3)11-9-16-24(26)20-12-7-14-22(17-20)28-2/h4,7-8,10,12-15,17-18,24-27H,1,5-6,16H2,2-3H3/b19-10+. The lowest BCUT2D eigenvalue weighted by molar-refractivity contribution is 0.183. The molecule has 0 fully saturated rings. The highest BCUT2D eigenvalue weighted by Gasteiger charge is 2.13. The van der Waals surface area contributed by atoms with E-state index in [0.717, 1.165) is 18.4 Å². The lowest BCUT2D eigenvalue weighted by Gasteiger charge is -2.13. The van der Waals surface area contributed by atoms with Crippen molar-refractivity contribution in [2.75, 3.05) is 14.2 Å². The molecule has 0 radical (unpaired) electrons. The highest BCUT2D eigenvalue weighted by atomic mass is 16.5. The van der Waals surface area contributed by atoms with Crippen LogP contribution in [-0.4, -0.2) is 24.4 Å². The van der Waals surface area contributed by atoms with Gasteiger partial charge >= 0.3 is 0 Å². The van der Waals surface area contributed by atoms with E-state index in [0.29, 0.717) is 22.6 Å². The molecule has 0 aliphatic heterocycles. The fraction of sp³-hybridized carbons (Fsp3) is 0.280. The molecule has 29 heavy (non-hydrogen) atoms. The van der Waals surface area contributed by atoms with Gasteiger partial charge in [0.1, 0.15) is 17.6 Å². The van der Waals surface area contributed by atoms with Crippen LogP contribution in [0.1, 0.15) is 42.6 Å². The summed E-state index contributed by atoms with van der Waals surface area (Å²) in [5.41, 5.74) is 2.04. The number of aliphatic hydroxyl groups is 2. The Kier molecular flexibility index (Phi) is 9.04. The second-order valence-electron chi connectivity index (χ2n) is 6.50. The molecule has 0 heterocycles. The van der Waals surface area contributed by atoms with E-state index in [1.54, 1.807) is 26.4 Å². The molecule has 2 aromatic rings. The van der Waals surface area contributed by atoms with Crippen molar-refractivity contribution in [1.82, 2.24) is 0 Å². The summed E-state index contributed by atoms with van der Waals surface area (Å²) >= 11 is 0. The lowest BCUT2D eigenvalue weighted by atomic mass is 9.99. The van der Waals surface area contributed by atoms with Gasteiger partial charge in [-0.25, -0.2) is 0 Å². The van der Waals surface area contributed by atoms with Crippen LogP contribution in [0.5, 0.6) is 11.5 Å². The van der Waals surface area contributed by atoms with Gasteiger partial charge in [0, 0.05) is 12.0 Å². The van der Waals surface area contributed by atoms with E-state index in [1.165, 1.54) is 0 Å². The third kappa shape index (κ3) is 6.83. The van der Waals surface area contributed by atoms with Gasteiger partial charge in [-0.3, -0.25) is 0 Å². The number of allylic oxidation sites excluding steroid dienone is 2. The summed E-state index contributed by atoms with van der Waals surface area (Å²) in [6.45, 7) is 3.73. The first kappa shape index (κ1) is 22.3. The largest absolute Gasteiger partial charge is 0.497 e. The van der Waals surface area contributed by atoms with Crippen molar-refractivity contribution in [3.8, 4) is 23.3 Å². The number of methoxy groups -OCH3 is 2. The van der Waals surface area contributed by atoms with Gasteiger partial charge in [0.05, 0.1) is 20.3 Å². The number of hydrogen-bond acceptors (Lipinski definition) is 4. The fourth-order valence-electron chi connectivity index (χ4n) is 2.80. The topological polar surface area (TPSA) is 58.9 Å². The average Bonchev–Trinajstić information content (AvgIpc) is 2.77. The van der Waals surface area contributed by atoms with E-state index < -0.39 is 12.2 Å². The Morgan fingerprint density at radius 3 is 2.24 bits per heavy atom. The maximum Gasteiger partial charge on any atom is 0.119 e. The van der Waals surface area contributed by atoms with Crippen molar-refractivity contribution in [2.45, 2.75) is 31.5 Å². The molecule has 2 N–H and O–H groups in total. The van der Waals surface area contributed by atoms with E-state index in [4.69, 9.17) is 9.47 Å². The predicted molar refractivity (Wildman–Crippen MR) is 116 cm³/mol. The van der Waals surface area contributed by atoms with Crippen LogP contribution in [0, 0.1) is 11.8 Å². The van der Waals surface area contributed by atoms with E-state index in [9.17, 15) is 10.2 Å². The van der Waals surface area contributed by atoms with Crippen molar-refractivity contribution in [3.05, 3.63) is 84.0 Å². The minimum absolute atomic E-state index is 0.247. The first-order valence-electron chi connectivity index (χ1n) is 9.53. The maximum atomic E-state index is 10.8. The molecule has 0 spiro atoms. The average molecular weight is 392 g/mol. The summed E-state index contributed by atoms with van der Waals surface area (Å²) in [6.07, 6.45) is 3.91. The van der Waals surface area contributed by atoms with Gasteiger partial charge in [0.25, 0.3) is 0 Å². The number of hydrogen-bond donors (Lipinski definition) is 2. The number of aliphatic hydroxyl groups excluding tert-OH is 2. The number of unbranched alkanes of at least 4 members (excludes halogenated alkanes) is 1. The molecule has 4 nitrogen and oxygen atoms in total. The molecule has 0 aliphatic rings. The minimum atomic E-state index is -0.864. The Morgan fingerprint density at radius 1 is 1.00 bits per heavy atom. The molecule has 2 atom stereocenters. The third-order valence-electron chi connectivity index (χ3n) is 4.45. The van der Waals surface area contributed by atoms with Crippen molar-refractivity contribution in [1.29, 1.82) is 0 Å². The van der Waals surface area contributed by atoms with E-state index in [2.05, 4.69) is 18.4 Å². The molecule has 0 aromatic heterocycles. The molecule has 0 aliphatic carbocycles.